The number of hydrogen-bond donors (Lipinski definition) is 0. The van der Waals surface area contributed by atoms with Crippen molar-refractivity contribution in [3.8, 4) is 22.8 Å². The molecule has 0 bridgehead atoms. The highest BCUT2D eigenvalue weighted by Crippen LogP contribution is 2.34. The van der Waals surface area contributed by atoms with Gasteiger partial charge >= 0.3 is 12.0 Å². The molecule has 1 aromatic heterocycles. The first-order chi connectivity index (χ1) is 16.7. The Balaban J connectivity index is 1.69. The zero-order chi connectivity index (χ0) is 25.2. The molecule has 182 valence electrons. The second-order valence-electron chi connectivity index (χ2n) is 9.31. The van der Waals surface area contributed by atoms with Gasteiger partial charge in [-0.1, -0.05) is 30.3 Å². The largest absolute Gasteiger partial charge is 0.497 e. The van der Waals surface area contributed by atoms with Crippen molar-refractivity contribution in [1.29, 1.82) is 0 Å². The molecule has 1 unspecified atom stereocenters. The average molecular weight is 478 g/mol. The molecular weight excluding hydrogens is 450 g/mol. The second-order valence-corrected chi connectivity index (χ2v) is 9.31. The smallest absolute Gasteiger partial charge is 0.411 e. The van der Waals surface area contributed by atoms with E-state index in [1.165, 1.54) is 4.90 Å². The summed E-state index contributed by atoms with van der Waals surface area (Å²) in [6, 6.07) is 15.9. The van der Waals surface area contributed by atoms with Crippen LogP contribution in [0.15, 0.2) is 59.8 Å². The molecule has 9 nitrogen and oxygen atoms in total. The molecule has 35 heavy (non-hydrogen) atoms. The number of methoxy groups -OCH3 is 1. The van der Waals surface area contributed by atoms with Crippen LogP contribution in [0.25, 0.3) is 22.2 Å². The van der Waals surface area contributed by atoms with Gasteiger partial charge in [0.2, 0.25) is 0 Å². The number of ether oxygens (including phenoxy) is 3. The fraction of sp³-hybridized carbons (Fsp3) is 0.346. The van der Waals surface area contributed by atoms with Crippen molar-refractivity contribution in [3.63, 3.8) is 0 Å². The molecule has 2 heterocycles. The molecule has 1 aliphatic rings. The van der Waals surface area contributed by atoms with Crippen LogP contribution in [-0.2, 0) is 9.53 Å². The van der Waals surface area contributed by atoms with Gasteiger partial charge in [0.05, 0.1) is 24.9 Å². The maximum Gasteiger partial charge on any atom is 0.411 e. The summed E-state index contributed by atoms with van der Waals surface area (Å²) in [5, 5.41) is 3.29. The zero-order valence-electron chi connectivity index (χ0n) is 20.1. The minimum atomic E-state index is -1.05. The molecule has 3 aromatic rings. The number of nitroso groups, excluding NO2 is 1. The third kappa shape index (κ3) is 5.40. The highest BCUT2D eigenvalue weighted by molar-refractivity contribution is 5.89. The Morgan fingerprint density at radius 3 is 2.49 bits per heavy atom. The van der Waals surface area contributed by atoms with Crippen molar-refractivity contribution in [3.05, 3.63) is 59.5 Å². The van der Waals surface area contributed by atoms with Crippen molar-refractivity contribution >= 4 is 22.9 Å². The molecule has 2 amide bonds. The Hall–Kier alpha value is -4.01. The molecule has 2 atom stereocenters. The Labute approximate surface area is 203 Å². The van der Waals surface area contributed by atoms with Gasteiger partial charge in [-0.05, 0) is 32.9 Å². The number of hydrogen-bond acceptors (Lipinski definition) is 7. The van der Waals surface area contributed by atoms with E-state index in [1.54, 1.807) is 27.9 Å². The van der Waals surface area contributed by atoms with Crippen LogP contribution >= 0.6 is 0 Å². The van der Waals surface area contributed by atoms with Gasteiger partial charge in [0, 0.05) is 34.7 Å². The van der Waals surface area contributed by atoms with E-state index in [1.807, 2.05) is 54.6 Å². The maximum atomic E-state index is 12.7. The van der Waals surface area contributed by atoms with Crippen LogP contribution < -0.4 is 9.47 Å². The fourth-order valence-electron chi connectivity index (χ4n) is 4.04. The molecular formula is C26H27N3O6. The van der Waals surface area contributed by atoms with Gasteiger partial charge in [0.1, 0.15) is 29.2 Å². The number of amides is 2. The normalized spacial score (nSPS) is 17.8. The van der Waals surface area contributed by atoms with Crippen molar-refractivity contribution in [2.24, 2.45) is 5.18 Å². The van der Waals surface area contributed by atoms with Crippen LogP contribution in [0.2, 0.25) is 0 Å². The molecule has 0 aliphatic carbocycles. The van der Waals surface area contributed by atoms with Gasteiger partial charge in [-0.2, -0.15) is 0 Å². The number of carbonyl (C=O) groups excluding carboxylic acids is 2. The number of benzene rings is 2. The van der Waals surface area contributed by atoms with Crippen molar-refractivity contribution in [2.75, 3.05) is 13.7 Å². The van der Waals surface area contributed by atoms with Gasteiger partial charge in [-0.15, -0.1) is 4.91 Å². The van der Waals surface area contributed by atoms with E-state index in [9.17, 15) is 14.5 Å². The monoisotopic (exact) mass is 477 g/mol. The summed E-state index contributed by atoms with van der Waals surface area (Å²) in [5.41, 5.74) is 1.51. The molecule has 1 saturated heterocycles. The summed E-state index contributed by atoms with van der Waals surface area (Å²) in [6.07, 6.45) is -1.14. The molecule has 4 rings (SSSR count). The molecule has 1 fully saturated rings. The minimum absolute atomic E-state index is 0.0709. The lowest BCUT2D eigenvalue weighted by atomic mass is 10.1. The Kier molecular flexibility index (Phi) is 6.68. The van der Waals surface area contributed by atoms with Crippen LogP contribution in [0, 0.1) is 4.91 Å². The second kappa shape index (κ2) is 9.69. The lowest BCUT2D eigenvalue weighted by molar-refractivity contribution is -0.122. The van der Waals surface area contributed by atoms with Crippen molar-refractivity contribution in [1.82, 2.24) is 9.88 Å². The topological polar surface area (TPSA) is 107 Å². The number of carbonyl (C=O) groups is 2. The number of fused-ring (bicyclic) bond motifs is 1. The minimum Gasteiger partial charge on any atom is -0.497 e. The summed E-state index contributed by atoms with van der Waals surface area (Å²) in [6.45, 7) is 5.26. The lowest BCUT2D eigenvalue weighted by Gasteiger charge is -2.26. The highest BCUT2D eigenvalue weighted by atomic mass is 16.6. The number of pyridine rings is 1. The van der Waals surface area contributed by atoms with Crippen LogP contribution in [0.5, 0.6) is 11.5 Å². The summed E-state index contributed by atoms with van der Waals surface area (Å²) < 4.78 is 17.1. The predicted octanol–water partition coefficient (Wildman–Crippen LogP) is 4.96. The third-order valence-corrected chi connectivity index (χ3v) is 5.61. The number of likely N-dealkylation sites (tertiary alicyclic amines) is 1. The Morgan fingerprint density at radius 2 is 1.83 bits per heavy atom. The van der Waals surface area contributed by atoms with Gasteiger partial charge in [-0.25, -0.2) is 9.78 Å². The molecule has 0 radical (unpaired) electrons. The molecule has 9 heteroatoms. The van der Waals surface area contributed by atoms with E-state index < -0.39 is 29.7 Å². The number of aromatic nitrogens is 1. The summed E-state index contributed by atoms with van der Waals surface area (Å²) in [5.74, 6) is 0.259. The predicted molar refractivity (Wildman–Crippen MR) is 130 cm³/mol. The SMILES string of the molecule is COc1ccc2c(O[C@@H]3CC(C(=O)N=O)N(C(=O)OC(C)(C)C)C3)cc(-c3ccccc3)nc2c1. The lowest BCUT2D eigenvalue weighted by Crippen LogP contribution is -2.43. The van der Waals surface area contributed by atoms with E-state index in [0.717, 1.165) is 10.9 Å². The Bertz CT molecular complexity index is 1260. The van der Waals surface area contributed by atoms with Gasteiger partial charge in [0.15, 0.2) is 0 Å². The van der Waals surface area contributed by atoms with E-state index in [-0.39, 0.29) is 13.0 Å². The molecule has 0 spiro atoms. The summed E-state index contributed by atoms with van der Waals surface area (Å²) in [4.78, 5) is 41.9. The van der Waals surface area contributed by atoms with E-state index in [0.29, 0.717) is 22.7 Å². The van der Waals surface area contributed by atoms with Gasteiger partial charge in [-0.3, -0.25) is 9.69 Å². The number of nitrogens with zero attached hydrogens (tertiary/aromatic N) is 3. The number of rotatable bonds is 5. The van der Waals surface area contributed by atoms with Crippen LogP contribution in [0.1, 0.15) is 27.2 Å². The van der Waals surface area contributed by atoms with Crippen LogP contribution in [0.3, 0.4) is 0 Å². The third-order valence-electron chi connectivity index (χ3n) is 5.61. The zero-order valence-corrected chi connectivity index (χ0v) is 20.1. The molecule has 2 aromatic carbocycles. The maximum absolute atomic E-state index is 12.7. The summed E-state index contributed by atoms with van der Waals surface area (Å²) >= 11 is 0. The van der Waals surface area contributed by atoms with Crippen LogP contribution in [0.4, 0.5) is 4.79 Å². The van der Waals surface area contributed by atoms with E-state index in [2.05, 4.69) is 5.18 Å². The first-order valence-electron chi connectivity index (χ1n) is 11.3. The van der Waals surface area contributed by atoms with Gasteiger partial charge < -0.3 is 14.2 Å². The Morgan fingerprint density at radius 1 is 1.09 bits per heavy atom. The summed E-state index contributed by atoms with van der Waals surface area (Å²) in [7, 11) is 1.58. The van der Waals surface area contributed by atoms with E-state index in [4.69, 9.17) is 19.2 Å². The van der Waals surface area contributed by atoms with Crippen LogP contribution in [-0.4, -0.2) is 53.3 Å². The molecule has 0 N–H and O–H groups in total. The fourth-order valence-corrected chi connectivity index (χ4v) is 4.04. The molecule has 1 aliphatic heterocycles. The first-order valence-corrected chi connectivity index (χ1v) is 11.3. The first kappa shape index (κ1) is 24.1. The van der Waals surface area contributed by atoms with Crippen molar-refractivity contribution < 1.29 is 23.8 Å². The quantitative estimate of drug-likeness (QED) is 0.478. The highest BCUT2D eigenvalue weighted by Gasteiger charge is 2.43. The van der Waals surface area contributed by atoms with Gasteiger partial charge in [0.25, 0.3) is 0 Å². The van der Waals surface area contributed by atoms with E-state index >= 15 is 0 Å². The standard InChI is InChI=1S/C26H27N3O6/c1-26(2,3)35-25(31)29-15-18(13-22(29)24(30)28-32)34-23-14-20(16-8-6-5-7-9-16)27-21-12-17(33-4)10-11-19(21)23/h5-12,14,18,22H,13,15H2,1-4H3/t18-,22?/m1/s1. The average Bonchev–Trinajstić information content (AvgIpc) is 3.26. The van der Waals surface area contributed by atoms with Crippen molar-refractivity contribution in [2.45, 2.75) is 44.9 Å². The molecule has 0 saturated carbocycles.